The van der Waals surface area contributed by atoms with Crippen molar-refractivity contribution in [2.45, 2.75) is 13.3 Å². The first-order chi connectivity index (χ1) is 12.9. The van der Waals surface area contributed by atoms with Crippen LogP contribution in [0, 0.1) is 10.1 Å². The quantitative estimate of drug-likeness (QED) is 0.397. The van der Waals surface area contributed by atoms with E-state index in [1.54, 1.807) is 43.3 Å². The average molecular weight is 433 g/mol. The molecule has 8 nitrogen and oxygen atoms in total. The molecule has 2 amide bonds. The average Bonchev–Trinajstić information content (AvgIpc) is 2.66. The Balaban J connectivity index is 1.81. The number of nitro groups is 1. The third kappa shape index (κ3) is 6.00. The van der Waals surface area contributed by atoms with Crippen LogP contribution in [0.4, 0.5) is 5.69 Å². The zero-order chi connectivity index (χ0) is 19.8. The number of hydrogen-bond donors (Lipinski definition) is 2. The second-order valence-corrected chi connectivity index (χ2v) is 6.38. The zero-order valence-electron chi connectivity index (χ0n) is 14.4. The zero-order valence-corrected chi connectivity index (χ0v) is 16.0. The van der Waals surface area contributed by atoms with E-state index >= 15 is 0 Å². The van der Waals surface area contributed by atoms with Crippen LogP contribution in [0.5, 0.6) is 0 Å². The number of non-ortho nitro benzene ring substituents is 1. The first-order valence-electron chi connectivity index (χ1n) is 7.99. The largest absolute Gasteiger partial charge is 0.351 e. The molecule has 0 aromatic heterocycles. The van der Waals surface area contributed by atoms with E-state index in [1.807, 2.05) is 0 Å². The highest BCUT2D eigenvalue weighted by Gasteiger charge is 2.10. The topological polar surface area (TPSA) is 114 Å². The van der Waals surface area contributed by atoms with E-state index in [1.165, 1.54) is 12.1 Å². The van der Waals surface area contributed by atoms with Crippen molar-refractivity contribution in [2.75, 3.05) is 6.54 Å². The first-order valence-corrected chi connectivity index (χ1v) is 8.78. The molecule has 0 spiro atoms. The van der Waals surface area contributed by atoms with Crippen molar-refractivity contribution in [1.29, 1.82) is 0 Å². The van der Waals surface area contributed by atoms with Crippen molar-refractivity contribution in [3.63, 3.8) is 0 Å². The molecule has 0 heterocycles. The van der Waals surface area contributed by atoms with Crippen LogP contribution in [-0.2, 0) is 4.79 Å². The number of nitrogens with zero attached hydrogens (tertiary/aromatic N) is 2. The summed E-state index contributed by atoms with van der Waals surface area (Å²) in [5, 5.41) is 17.3. The Hall–Kier alpha value is -3.07. The maximum absolute atomic E-state index is 12.0. The van der Waals surface area contributed by atoms with Gasteiger partial charge in [-0.05, 0) is 52.7 Å². The van der Waals surface area contributed by atoms with Gasteiger partial charge in [-0.2, -0.15) is 5.10 Å². The summed E-state index contributed by atoms with van der Waals surface area (Å²) < 4.78 is 0.676. The molecule has 0 saturated heterocycles. The van der Waals surface area contributed by atoms with Crippen molar-refractivity contribution in [1.82, 2.24) is 10.7 Å². The molecule has 0 bridgehead atoms. The standard InChI is InChI=1S/C18H17BrN4O4/c1-12(13-6-8-14(9-7-13)23(26)27)21-22-17(24)10-11-20-18(25)15-4-2-3-5-16(15)19/h2-9H,10-11H2,1H3,(H,20,25)(H,22,24)/b21-12+. The van der Waals surface area contributed by atoms with Gasteiger partial charge in [0.05, 0.1) is 16.2 Å². The fourth-order valence-corrected chi connectivity index (χ4v) is 2.59. The fourth-order valence-electron chi connectivity index (χ4n) is 2.12. The third-order valence-corrected chi connectivity index (χ3v) is 4.29. The van der Waals surface area contributed by atoms with Crippen LogP contribution in [0.2, 0.25) is 0 Å². The van der Waals surface area contributed by atoms with Crippen LogP contribution >= 0.6 is 15.9 Å². The highest BCUT2D eigenvalue weighted by molar-refractivity contribution is 9.10. The number of carbonyl (C=O) groups is 2. The predicted molar refractivity (Wildman–Crippen MR) is 105 cm³/mol. The number of carbonyl (C=O) groups excluding carboxylic acids is 2. The van der Waals surface area contributed by atoms with Crippen molar-refractivity contribution in [3.8, 4) is 0 Å². The maximum atomic E-state index is 12.0. The van der Waals surface area contributed by atoms with Gasteiger partial charge in [0.2, 0.25) is 5.91 Å². The number of hydrazone groups is 1. The van der Waals surface area contributed by atoms with Gasteiger partial charge < -0.3 is 5.32 Å². The van der Waals surface area contributed by atoms with Crippen molar-refractivity contribution >= 4 is 39.1 Å². The summed E-state index contributed by atoms with van der Waals surface area (Å²) in [5.41, 5.74) is 4.04. The maximum Gasteiger partial charge on any atom is 0.269 e. The van der Waals surface area contributed by atoms with E-state index < -0.39 is 4.92 Å². The van der Waals surface area contributed by atoms with Gasteiger partial charge in [-0.1, -0.05) is 12.1 Å². The van der Waals surface area contributed by atoms with Crippen molar-refractivity contribution in [3.05, 3.63) is 74.2 Å². The smallest absolute Gasteiger partial charge is 0.269 e. The van der Waals surface area contributed by atoms with Gasteiger partial charge in [-0.15, -0.1) is 0 Å². The Morgan fingerprint density at radius 1 is 1.15 bits per heavy atom. The van der Waals surface area contributed by atoms with E-state index in [-0.39, 0.29) is 30.5 Å². The highest BCUT2D eigenvalue weighted by Crippen LogP contribution is 2.15. The second kappa shape index (κ2) is 9.58. The van der Waals surface area contributed by atoms with Crippen LogP contribution in [-0.4, -0.2) is 29.0 Å². The number of benzene rings is 2. The minimum atomic E-state index is -0.486. The van der Waals surface area contributed by atoms with Crippen LogP contribution in [0.1, 0.15) is 29.3 Å². The van der Waals surface area contributed by atoms with E-state index in [2.05, 4.69) is 31.8 Å². The molecule has 140 valence electrons. The molecule has 2 N–H and O–H groups in total. The van der Waals surface area contributed by atoms with E-state index in [4.69, 9.17) is 0 Å². The van der Waals surface area contributed by atoms with Gasteiger partial charge >= 0.3 is 0 Å². The molecule has 0 unspecified atom stereocenters. The minimum absolute atomic E-state index is 0.0172. The summed E-state index contributed by atoms with van der Waals surface area (Å²) >= 11 is 3.30. The number of nitro benzene ring substituents is 1. The predicted octanol–water partition coefficient (Wildman–Crippen LogP) is 3.02. The van der Waals surface area contributed by atoms with E-state index in [0.29, 0.717) is 21.3 Å². The molecule has 0 atom stereocenters. The molecule has 0 saturated carbocycles. The number of amides is 2. The fraction of sp³-hybridized carbons (Fsp3) is 0.167. The second-order valence-electron chi connectivity index (χ2n) is 5.52. The first kappa shape index (κ1) is 20.2. The summed E-state index contributed by atoms with van der Waals surface area (Å²) in [5.74, 6) is -0.635. The lowest BCUT2D eigenvalue weighted by molar-refractivity contribution is -0.384. The van der Waals surface area contributed by atoms with Gasteiger partial charge in [0, 0.05) is 29.6 Å². The molecule has 0 fully saturated rings. The van der Waals surface area contributed by atoms with Gasteiger partial charge in [0.1, 0.15) is 0 Å². The molecule has 9 heteroatoms. The van der Waals surface area contributed by atoms with Gasteiger partial charge in [-0.25, -0.2) is 5.43 Å². The summed E-state index contributed by atoms with van der Waals surface area (Å²) in [7, 11) is 0. The minimum Gasteiger partial charge on any atom is -0.351 e. The molecule has 2 aromatic rings. The Morgan fingerprint density at radius 2 is 1.81 bits per heavy atom. The SMILES string of the molecule is C/C(=N\NC(=O)CCNC(=O)c1ccccc1Br)c1ccc([N+](=O)[O-])cc1. The summed E-state index contributed by atoms with van der Waals surface area (Å²) in [6.45, 7) is 1.84. The van der Waals surface area contributed by atoms with Crippen LogP contribution < -0.4 is 10.7 Å². The Kier molecular flexibility index (Phi) is 7.18. The van der Waals surface area contributed by atoms with Crippen molar-refractivity contribution in [2.24, 2.45) is 5.10 Å². The Labute approximate surface area is 163 Å². The Bertz CT molecular complexity index is 881. The van der Waals surface area contributed by atoms with Crippen LogP contribution in [0.25, 0.3) is 0 Å². The normalized spacial score (nSPS) is 11.0. The molecule has 27 heavy (non-hydrogen) atoms. The number of rotatable bonds is 7. The molecule has 0 radical (unpaired) electrons. The van der Waals surface area contributed by atoms with Crippen LogP contribution in [0.3, 0.4) is 0 Å². The molecule has 0 aliphatic heterocycles. The van der Waals surface area contributed by atoms with E-state index in [0.717, 1.165) is 0 Å². The molecular weight excluding hydrogens is 416 g/mol. The lowest BCUT2D eigenvalue weighted by atomic mass is 10.1. The van der Waals surface area contributed by atoms with Gasteiger partial charge in [0.25, 0.3) is 11.6 Å². The molecular formula is C18H17BrN4O4. The van der Waals surface area contributed by atoms with Crippen molar-refractivity contribution < 1.29 is 14.5 Å². The monoisotopic (exact) mass is 432 g/mol. The van der Waals surface area contributed by atoms with Crippen LogP contribution in [0.15, 0.2) is 58.1 Å². The molecule has 2 rings (SSSR count). The molecule has 0 aliphatic rings. The summed E-state index contributed by atoms with van der Waals surface area (Å²) in [4.78, 5) is 34.0. The third-order valence-electron chi connectivity index (χ3n) is 3.60. The lowest BCUT2D eigenvalue weighted by Crippen LogP contribution is -2.29. The summed E-state index contributed by atoms with van der Waals surface area (Å²) in [6, 6.07) is 12.8. The number of hydrogen-bond acceptors (Lipinski definition) is 5. The molecule has 0 aliphatic carbocycles. The lowest BCUT2D eigenvalue weighted by Gasteiger charge is -2.06. The van der Waals surface area contributed by atoms with Gasteiger partial charge in [-0.3, -0.25) is 19.7 Å². The van der Waals surface area contributed by atoms with E-state index in [9.17, 15) is 19.7 Å². The van der Waals surface area contributed by atoms with Gasteiger partial charge in [0.15, 0.2) is 0 Å². The highest BCUT2D eigenvalue weighted by atomic mass is 79.9. The summed E-state index contributed by atoms with van der Waals surface area (Å²) in [6.07, 6.45) is 0.0627. The number of halogens is 1. The Morgan fingerprint density at radius 3 is 2.44 bits per heavy atom. The number of nitrogens with one attached hydrogen (secondary N) is 2. The molecule has 2 aromatic carbocycles.